The second-order valence-corrected chi connectivity index (χ2v) is 7.38. The van der Waals surface area contributed by atoms with Crippen molar-refractivity contribution in [1.29, 1.82) is 0 Å². The zero-order chi connectivity index (χ0) is 17.3. The van der Waals surface area contributed by atoms with Crippen LogP contribution in [0, 0.1) is 19.8 Å². The first-order valence-electron chi connectivity index (χ1n) is 7.71. The number of rotatable bonds is 5. The van der Waals surface area contributed by atoms with E-state index in [1.165, 1.54) is 11.9 Å². The molecule has 1 saturated carbocycles. The van der Waals surface area contributed by atoms with Gasteiger partial charge in [-0.25, -0.2) is 9.97 Å². The Morgan fingerprint density at radius 3 is 2.58 bits per heavy atom. The number of benzene rings is 1. The number of aryl methyl sites for hydroxylation is 2. The predicted octanol–water partition coefficient (Wildman–Crippen LogP) is 4.34. The molecule has 7 heteroatoms. The Labute approximate surface area is 150 Å². The fourth-order valence-electron chi connectivity index (χ4n) is 2.83. The van der Waals surface area contributed by atoms with Gasteiger partial charge < -0.3 is 5.11 Å². The molecule has 2 atom stereocenters. The Morgan fingerprint density at radius 2 is 2.00 bits per heavy atom. The average Bonchev–Trinajstić information content (AvgIpc) is 2.45. The normalized spacial score (nSPS) is 19.6. The number of halogens is 1. The van der Waals surface area contributed by atoms with E-state index in [4.69, 9.17) is 16.7 Å². The van der Waals surface area contributed by atoms with Gasteiger partial charge in [0.05, 0.1) is 11.6 Å². The lowest BCUT2D eigenvalue weighted by atomic mass is 9.85. The Bertz CT molecular complexity index is 764. The van der Waals surface area contributed by atoms with Gasteiger partial charge in [-0.1, -0.05) is 29.8 Å². The summed E-state index contributed by atoms with van der Waals surface area (Å²) in [6.07, 6.45) is 1.59. The number of aliphatic carboxylic acids is 1. The fraction of sp³-hybridized carbons (Fsp3) is 0.353. The SMILES string of the molecule is Cc1cccc(C)c1-c1cc(Cl)nc(NSC2CCC2C(=O)O)n1. The maximum absolute atomic E-state index is 11.1. The summed E-state index contributed by atoms with van der Waals surface area (Å²) in [5, 5.41) is 9.50. The van der Waals surface area contributed by atoms with Crippen LogP contribution in [0.25, 0.3) is 11.3 Å². The van der Waals surface area contributed by atoms with Crippen LogP contribution in [0.15, 0.2) is 24.3 Å². The number of hydrogen-bond acceptors (Lipinski definition) is 5. The molecule has 0 radical (unpaired) electrons. The van der Waals surface area contributed by atoms with Crippen LogP contribution in [0.1, 0.15) is 24.0 Å². The summed E-state index contributed by atoms with van der Waals surface area (Å²) in [5.41, 5.74) is 4.04. The first-order valence-corrected chi connectivity index (χ1v) is 8.97. The molecule has 2 N–H and O–H groups in total. The second kappa shape index (κ2) is 6.99. The Balaban J connectivity index is 1.81. The van der Waals surface area contributed by atoms with Gasteiger partial charge in [-0.15, -0.1) is 0 Å². The van der Waals surface area contributed by atoms with Crippen LogP contribution in [0.3, 0.4) is 0 Å². The monoisotopic (exact) mass is 363 g/mol. The summed E-state index contributed by atoms with van der Waals surface area (Å²) in [5.74, 6) is -0.648. The third-order valence-electron chi connectivity index (χ3n) is 4.26. The quantitative estimate of drug-likeness (QED) is 0.608. The molecule has 2 aromatic rings. The van der Waals surface area contributed by atoms with E-state index >= 15 is 0 Å². The molecule has 0 spiro atoms. The van der Waals surface area contributed by atoms with Crippen molar-refractivity contribution in [3.63, 3.8) is 0 Å². The number of nitrogens with one attached hydrogen (secondary N) is 1. The third-order valence-corrected chi connectivity index (χ3v) is 5.62. The second-order valence-electron chi connectivity index (χ2n) is 5.95. The van der Waals surface area contributed by atoms with Crippen LogP contribution in [0.4, 0.5) is 5.95 Å². The summed E-state index contributed by atoms with van der Waals surface area (Å²) >= 11 is 7.51. The van der Waals surface area contributed by atoms with Crippen molar-refractivity contribution in [2.24, 2.45) is 5.92 Å². The summed E-state index contributed by atoms with van der Waals surface area (Å²) in [4.78, 5) is 19.8. The predicted molar refractivity (Wildman–Crippen MR) is 97.3 cm³/mol. The van der Waals surface area contributed by atoms with Crippen molar-refractivity contribution in [3.8, 4) is 11.3 Å². The van der Waals surface area contributed by atoms with Gasteiger partial charge in [-0.3, -0.25) is 9.52 Å². The van der Waals surface area contributed by atoms with Crippen molar-refractivity contribution in [1.82, 2.24) is 9.97 Å². The molecular weight excluding hydrogens is 346 g/mol. The van der Waals surface area contributed by atoms with Crippen molar-refractivity contribution >= 4 is 35.5 Å². The number of aromatic nitrogens is 2. The molecule has 24 heavy (non-hydrogen) atoms. The Hall–Kier alpha value is -1.79. The summed E-state index contributed by atoms with van der Waals surface area (Å²) < 4.78 is 3.07. The maximum atomic E-state index is 11.1. The van der Waals surface area contributed by atoms with Crippen LogP contribution >= 0.6 is 23.5 Å². The molecule has 1 fully saturated rings. The Kier molecular flexibility index (Phi) is 4.96. The summed E-state index contributed by atoms with van der Waals surface area (Å²) in [6, 6.07) is 7.82. The minimum Gasteiger partial charge on any atom is -0.481 e. The van der Waals surface area contributed by atoms with E-state index in [0.29, 0.717) is 11.1 Å². The van der Waals surface area contributed by atoms with Gasteiger partial charge in [0.15, 0.2) is 0 Å². The highest BCUT2D eigenvalue weighted by molar-refractivity contribution is 8.01. The van der Waals surface area contributed by atoms with Crippen LogP contribution in [-0.4, -0.2) is 26.3 Å². The topological polar surface area (TPSA) is 75.1 Å². The molecule has 3 rings (SSSR count). The molecular formula is C17H18ClN3O2S. The van der Waals surface area contributed by atoms with E-state index in [9.17, 15) is 4.79 Å². The van der Waals surface area contributed by atoms with E-state index < -0.39 is 5.97 Å². The lowest BCUT2D eigenvalue weighted by molar-refractivity contribution is -0.144. The molecule has 2 unspecified atom stereocenters. The molecule has 5 nitrogen and oxygen atoms in total. The van der Waals surface area contributed by atoms with E-state index in [2.05, 4.69) is 14.7 Å². The van der Waals surface area contributed by atoms with Gasteiger partial charge in [0.1, 0.15) is 5.15 Å². The van der Waals surface area contributed by atoms with Gasteiger partial charge in [0.2, 0.25) is 5.95 Å². The van der Waals surface area contributed by atoms with Crippen molar-refractivity contribution in [2.75, 3.05) is 4.72 Å². The van der Waals surface area contributed by atoms with Crippen LogP contribution in [-0.2, 0) is 4.79 Å². The van der Waals surface area contributed by atoms with Crippen LogP contribution in [0.5, 0.6) is 0 Å². The molecule has 1 aliphatic carbocycles. The highest BCUT2D eigenvalue weighted by Gasteiger charge is 2.37. The average molecular weight is 364 g/mol. The number of hydrogen-bond donors (Lipinski definition) is 2. The van der Waals surface area contributed by atoms with Gasteiger partial charge in [-0.2, -0.15) is 0 Å². The summed E-state index contributed by atoms with van der Waals surface area (Å²) in [6.45, 7) is 4.07. The van der Waals surface area contributed by atoms with E-state index in [0.717, 1.165) is 35.2 Å². The molecule has 1 aromatic carbocycles. The summed E-state index contributed by atoms with van der Waals surface area (Å²) in [7, 11) is 0. The van der Waals surface area contributed by atoms with Crippen LogP contribution < -0.4 is 4.72 Å². The number of carboxylic acids is 1. The largest absolute Gasteiger partial charge is 0.481 e. The van der Waals surface area contributed by atoms with Gasteiger partial charge in [0, 0.05) is 16.9 Å². The minimum atomic E-state index is -0.746. The fourth-order valence-corrected chi connectivity index (χ4v) is 4.03. The van der Waals surface area contributed by atoms with Gasteiger partial charge >= 0.3 is 5.97 Å². The number of carbonyl (C=O) groups is 1. The molecule has 1 aliphatic rings. The van der Waals surface area contributed by atoms with E-state index in [1.807, 2.05) is 32.0 Å². The lowest BCUT2D eigenvalue weighted by Gasteiger charge is -2.32. The van der Waals surface area contributed by atoms with Crippen molar-refractivity contribution in [3.05, 3.63) is 40.5 Å². The minimum absolute atomic E-state index is 0.0359. The number of carboxylic acid groups (broad SMARTS) is 1. The van der Waals surface area contributed by atoms with Gasteiger partial charge in [0.25, 0.3) is 0 Å². The van der Waals surface area contributed by atoms with Crippen molar-refractivity contribution in [2.45, 2.75) is 31.9 Å². The van der Waals surface area contributed by atoms with Crippen molar-refractivity contribution < 1.29 is 9.90 Å². The first kappa shape index (κ1) is 17.0. The maximum Gasteiger partial charge on any atom is 0.307 e. The molecule has 126 valence electrons. The number of anilines is 1. The molecule has 0 amide bonds. The zero-order valence-corrected chi connectivity index (χ0v) is 15.0. The Morgan fingerprint density at radius 1 is 1.29 bits per heavy atom. The molecule has 0 bridgehead atoms. The molecule has 0 saturated heterocycles. The highest BCUT2D eigenvalue weighted by atomic mass is 35.5. The van der Waals surface area contributed by atoms with E-state index in [1.54, 1.807) is 6.07 Å². The smallest absolute Gasteiger partial charge is 0.307 e. The molecule has 1 heterocycles. The molecule has 1 aromatic heterocycles. The van der Waals surface area contributed by atoms with E-state index in [-0.39, 0.29) is 11.2 Å². The molecule has 0 aliphatic heterocycles. The standard InChI is InChI=1S/C17H18ClN3O2S/c1-9-4-3-5-10(2)15(9)12-8-14(18)20-17(19-12)21-24-13-7-6-11(13)16(22)23/h3-5,8,11,13H,6-7H2,1-2H3,(H,22,23)(H,19,20,21). The van der Waals surface area contributed by atoms with Crippen LogP contribution in [0.2, 0.25) is 5.15 Å². The first-order chi connectivity index (χ1) is 11.5. The lowest BCUT2D eigenvalue weighted by Crippen LogP contribution is -2.36. The third kappa shape index (κ3) is 3.49. The van der Waals surface area contributed by atoms with Gasteiger partial charge in [-0.05, 0) is 49.8 Å². The zero-order valence-electron chi connectivity index (χ0n) is 13.4. The highest BCUT2D eigenvalue weighted by Crippen LogP contribution is 2.38. The number of nitrogens with zero attached hydrogens (tertiary/aromatic N) is 2.